The lowest BCUT2D eigenvalue weighted by molar-refractivity contribution is -0.141. The molecule has 202 valence electrons. The van der Waals surface area contributed by atoms with E-state index in [0.717, 1.165) is 12.8 Å². The van der Waals surface area contributed by atoms with Crippen molar-refractivity contribution in [3.05, 3.63) is 18.2 Å². The van der Waals surface area contributed by atoms with Gasteiger partial charge in [-0.25, -0.2) is 4.79 Å². The van der Waals surface area contributed by atoms with Gasteiger partial charge >= 0.3 is 6.03 Å². The number of nitrogens with zero attached hydrogens (tertiary/aromatic N) is 1. The Morgan fingerprint density at radius 2 is 1.89 bits per heavy atom. The molecule has 37 heavy (non-hydrogen) atoms. The highest BCUT2D eigenvalue weighted by atomic mass is 16.7. The largest absolute Gasteiger partial charge is 0.454 e. The number of nitrogens with two attached hydrogens (primary N) is 1. The Morgan fingerprint density at radius 3 is 2.62 bits per heavy atom. The summed E-state index contributed by atoms with van der Waals surface area (Å²) in [6.07, 6.45) is 4.19. The van der Waals surface area contributed by atoms with E-state index in [4.69, 9.17) is 19.9 Å². The topological polar surface area (TPSA) is 149 Å². The molecule has 0 aromatic heterocycles. The highest BCUT2D eigenvalue weighted by molar-refractivity contribution is 6.41. The van der Waals surface area contributed by atoms with Crippen LogP contribution < -0.4 is 25.8 Å². The van der Waals surface area contributed by atoms with Gasteiger partial charge in [0.15, 0.2) is 11.5 Å². The number of amides is 4. The Hall–Kier alpha value is -3.34. The van der Waals surface area contributed by atoms with Gasteiger partial charge in [0, 0.05) is 36.7 Å². The van der Waals surface area contributed by atoms with Crippen molar-refractivity contribution in [2.45, 2.75) is 57.4 Å². The van der Waals surface area contributed by atoms with Gasteiger partial charge in [0.2, 0.25) is 18.5 Å². The number of hydrogen-bond donors (Lipinski definition) is 3. The number of Topliss-reactive ketones (excluding diaryl/α,β-unsaturated/α-hetero) is 1. The maximum absolute atomic E-state index is 13.6. The first-order valence-corrected chi connectivity index (χ1v) is 13.1. The molecule has 2 unspecified atom stereocenters. The van der Waals surface area contributed by atoms with Gasteiger partial charge in [-0.1, -0.05) is 32.6 Å². The normalized spacial score (nSPS) is 23.7. The summed E-state index contributed by atoms with van der Waals surface area (Å²) in [5, 5.41) is 5.59. The lowest BCUT2D eigenvalue weighted by Crippen LogP contribution is -2.67. The second kappa shape index (κ2) is 11.8. The van der Waals surface area contributed by atoms with Gasteiger partial charge in [-0.2, -0.15) is 0 Å². The summed E-state index contributed by atoms with van der Waals surface area (Å²) < 4.78 is 16.0. The van der Waals surface area contributed by atoms with Crippen LogP contribution in [-0.4, -0.2) is 67.2 Å². The molecule has 0 spiro atoms. The molecule has 0 radical (unpaired) electrons. The Labute approximate surface area is 216 Å². The summed E-state index contributed by atoms with van der Waals surface area (Å²) >= 11 is 0. The van der Waals surface area contributed by atoms with Crippen LogP contribution in [0.4, 0.5) is 10.5 Å². The van der Waals surface area contributed by atoms with Crippen LogP contribution >= 0.6 is 0 Å². The lowest BCUT2D eigenvalue weighted by atomic mass is 9.64. The molecule has 0 bridgehead atoms. The molecule has 1 saturated carbocycles. The fourth-order valence-electron chi connectivity index (χ4n) is 5.58. The second-order valence-corrected chi connectivity index (χ2v) is 9.85. The third-order valence-corrected chi connectivity index (χ3v) is 7.58. The SMILES string of the molecule is CCCC[C@H](C(=O)C(=O)Nc1ccc2c(c1)OCO2)C1CCCCC1(NC(=O)N1CCOCC1)C(N)=O. The summed E-state index contributed by atoms with van der Waals surface area (Å²) in [6, 6.07) is 4.50. The van der Waals surface area contributed by atoms with Crippen LogP contribution in [0, 0.1) is 11.8 Å². The number of rotatable bonds is 9. The minimum Gasteiger partial charge on any atom is -0.454 e. The van der Waals surface area contributed by atoms with Crippen LogP contribution in [0.2, 0.25) is 0 Å². The Bertz CT molecular complexity index is 1030. The number of primary amides is 1. The van der Waals surface area contributed by atoms with Crippen molar-refractivity contribution in [1.29, 1.82) is 0 Å². The first-order chi connectivity index (χ1) is 17.9. The number of unbranched alkanes of at least 4 members (excludes halogenated alkanes) is 1. The molecule has 1 aromatic carbocycles. The molecule has 2 heterocycles. The maximum atomic E-state index is 13.6. The zero-order valence-corrected chi connectivity index (χ0v) is 21.3. The number of nitrogens with one attached hydrogen (secondary N) is 2. The number of anilines is 1. The molecular weight excluding hydrogens is 480 g/mol. The molecule has 4 amide bonds. The van der Waals surface area contributed by atoms with Gasteiger partial charge in [0.1, 0.15) is 5.54 Å². The van der Waals surface area contributed by atoms with E-state index in [1.807, 2.05) is 6.92 Å². The smallest absolute Gasteiger partial charge is 0.318 e. The number of hydrogen-bond acceptors (Lipinski definition) is 7. The molecule has 4 rings (SSSR count). The predicted molar refractivity (Wildman–Crippen MR) is 134 cm³/mol. The average Bonchev–Trinajstić information content (AvgIpc) is 3.38. The van der Waals surface area contributed by atoms with E-state index in [-0.39, 0.29) is 6.79 Å². The Balaban J connectivity index is 1.57. The van der Waals surface area contributed by atoms with Crippen molar-refractivity contribution in [2.75, 3.05) is 38.4 Å². The van der Waals surface area contributed by atoms with Gasteiger partial charge in [-0.15, -0.1) is 0 Å². The van der Waals surface area contributed by atoms with E-state index in [9.17, 15) is 19.2 Å². The summed E-state index contributed by atoms with van der Waals surface area (Å²) in [5.74, 6) is -2.39. The van der Waals surface area contributed by atoms with E-state index in [0.29, 0.717) is 75.6 Å². The molecule has 3 atom stereocenters. The van der Waals surface area contributed by atoms with E-state index >= 15 is 0 Å². The zero-order valence-electron chi connectivity index (χ0n) is 21.3. The molecule has 2 fully saturated rings. The third kappa shape index (κ3) is 5.82. The van der Waals surface area contributed by atoms with Crippen molar-refractivity contribution in [2.24, 2.45) is 17.6 Å². The molecular formula is C26H36N4O7. The quantitative estimate of drug-likeness (QED) is 0.426. The number of ketones is 1. The van der Waals surface area contributed by atoms with Crippen molar-refractivity contribution in [3.63, 3.8) is 0 Å². The lowest BCUT2D eigenvalue weighted by Gasteiger charge is -2.46. The van der Waals surface area contributed by atoms with E-state index in [1.54, 1.807) is 23.1 Å². The summed E-state index contributed by atoms with van der Waals surface area (Å²) in [7, 11) is 0. The van der Waals surface area contributed by atoms with Crippen LogP contribution in [0.15, 0.2) is 18.2 Å². The minimum absolute atomic E-state index is 0.0950. The predicted octanol–water partition coefficient (Wildman–Crippen LogP) is 2.19. The highest BCUT2D eigenvalue weighted by Crippen LogP contribution is 2.41. The second-order valence-electron chi connectivity index (χ2n) is 9.85. The summed E-state index contributed by atoms with van der Waals surface area (Å²) in [6.45, 7) is 3.73. The molecule has 1 aliphatic carbocycles. The van der Waals surface area contributed by atoms with Gasteiger partial charge in [-0.3, -0.25) is 14.4 Å². The molecule has 11 nitrogen and oxygen atoms in total. The highest BCUT2D eigenvalue weighted by Gasteiger charge is 2.52. The number of morpholine rings is 1. The standard InChI is InChI=1S/C26H36N4O7/c1-2-3-6-18(22(31)23(32)28-17-8-9-20-21(15-17)37-16-36-20)19-7-4-5-10-26(19,24(27)33)29-25(34)30-11-13-35-14-12-30/h8-9,15,18-19H,2-7,10-14,16H2,1H3,(H2,27,33)(H,28,32)(H,29,34)/t18-,19?,26?/m0/s1. The molecule has 3 aliphatic rings. The molecule has 1 aromatic rings. The Morgan fingerprint density at radius 1 is 1.14 bits per heavy atom. The number of fused-ring (bicyclic) bond motifs is 1. The van der Waals surface area contributed by atoms with E-state index in [2.05, 4.69) is 10.6 Å². The fourth-order valence-corrected chi connectivity index (χ4v) is 5.58. The van der Waals surface area contributed by atoms with Crippen LogP contribution in [0.25, 0.3) is 0 Å². The number of urea groups is 1. The van der Waals surface area contributed by atoms with Crippen LogP contribution in [0.5, 0.6) is 11.5 Å². The van der Waals surface area contributed by atoms with Gasteiger partial charge < -0.3 is 35.5 Å². The zero-order chi connectivity index (χ0) is 26.4. The first kappa shape index (κ1) is 26.7. The minimum atomic E-state index is -1.42. The van der Waals surface area contributed by atoms with Gasteiger partial charge in [0.25, 0.3) is 5.91 Å². The molecule has 4 N–H and O–H groups in total. The average molecular weight is 517 g/mol. The van der Waals surface area contributed by atoms with Crippen molar-refractivity contribution in [1.82, 2.24) is 10.2 Å². The van der Waals surface area contributed by atoms with E-state index < -0.39 is 41.0 Å². The van der Waals surface area contributed by atoms with Gasteiger partial charge in [-0.05, 0) is 31.4 Å². The monoisotopic (exact) mass is 516 g/mol. The Kier molecular flexibility index (Phi) is 8.52. The van der Waals surface area contributed by atoms with Crippen molar-refractivity contribution >= 4 is 29.3 Å². The molecule has 2 aliphatic heterocycles. The number of ether oxygens (including phenoxy) is 3. The maximum Gasteiger partial charge on any atom is 0.318 e. The number of carbonyl (C=O) groups is 4. The summed E-state index contributed by atoms with van der Waals surface area (Å²) in [5.41, 5.74) is 4.94. The van der Waals surface area contributed by atoms with Crippen LogP contribution in [0.1, 0.15) is 51.9 Å². The van der Waals surface area contributed by atoms with Crippen molar-refractivity contribution in [3.8, 4) is 11.5 Å². The molecule has 11 heteroatoms. The third-order valence-electron chi connectivity index (χ3n) is 7.58. The number of benzene rings is 1. The summed E-state index contributed by atoms with van der Waals surface area (Å²) in [4.78, 5) is 54.5. The van der Waals surface area contributed by atoms with Gasteiger partial charge in [0.05, 0.1) is 13.2 Å². The molecule has 1 saturated heterocycles. The van der Waals surface area contributed by atoms with Crippen LogP contribution in [-0.2, 0) is 19.1 Å². The fraction of sp³-hybridized carbons (Fsp3) is 0.615. The van der Waals surface area contributed by atoms with E-state index in [1.165, 1.54) is 0 Å². The van der Waals surface area contributed by atoms with Crippen LogP contribution in [0.3, 0.4) is 0 Å². The van der Waals surface area contributed by atoms with Crippen molar-refractivity contribution < 1.29 is 33.4 Å². The first-order valence-electron chi connectivity index (χ1n) is 13.1. The number of carbonyl (C=O) groups excluding carboxylic acids is 4.